The quantitative estimate of drug-likeness (QED) is 0.395. The summed E-state index contributed by atoms with van der Waals surface area (Å²) in [5.74, 6) is -0.0554. The highest BCUT2D eigenvalue weighted by Crippen LogP contribution is 2.29. The summed E-state index contributed by atoms with van der Waals surface area (Å²) < 4.78 is 0. The van der Waals surface area contributed by atoms with Crippen LogP contribution in [0.25, 0.3) is 16.6 Å². The summed E-state index contributed by atoms with van der Waals surface area (Å²) >= 11 is 13.2. The molecule has 2 nitrogen and oxygen atoms in total. The number of carbonyl (C=O) groups excluding carboxylic acids is 1. The Morgan fingerprint density at radius 1 is 1.00 bits per heavy atom. The molecule has 120 valence electrons. The van der Waals surface area contributed by atoms with Crippen LogP contribution in [-0.4, -0.2) is 10.8 Å². The molecule has 0 radical (unpaired) electrons. The van der Waals surface area contributed by atoms with Gasteiger partial charge in [0.15, 0.2) is 5.78 Å². The number of thiazole rings is 1. The lowest BCUT2D eigenvalue weighted by Crippen LogP contribution is -1.93. The second-order valence-electron chi connectivity index (χ2n) is 5.19. The lowest BCUT2D eigenvalue weighted by atomic mass is 10.2. The van der Waals surface area contributed by atoms with Gasteiger partial charge < -0.3 is 0 Å². The zero-order chi connectivity index (χ0) is 17.1. The third-order valence-electron chi connectivity index (χ3n) is 3.41. The van der Waals surface area contributed by atoms with Crippen molar-refractivity contribution >= 4 is 46.4 Å². The van der Waals surface area contributed by atoms with E-state index in [1.165, 1.54) is 11.3 Å². The normalized spacial score (nSPS) is 11.1. The molecule has 0 bridgehead atoms. The minimum atomic E-state index is -0.0554. The zero-order valence-electron chi connectivity index (χ0n) is 12.8. The second kappa shape index (κ2) is 7.31. The fourth-order valence-corrected chi connectivity index (χ4v) is 3.41. The largest absolute Gasteiger partial charge is 0.288 e. The first-order valence-electron chi connectivity index (χ1n) is 7.24. The van der Waals surface area contributed by atoms with Crippen molar-refractivity contribution in [3.8, 4) is 10.6 Å². The van der Waals surface area contributed by atoms with Crippen molar-refractivity contribution < 1.29 is 4.79 Å². The summed E-state index contributed by atoms with van der Waals surface area (Å²) in [7, 11) is 0. The molecule has 0 unspecified atom stereocenters. The van der Waals surface area contributed by atoms with Gasteiger partial charge in [-0.3, -0.25) is 4.79 Å². The van der Waals surface area contributed by atoms with E-state index in [2.05, 4.69) is 4.98 Å². The van der Waals surface area contributed by atoms with Crippen LogP contribution in [0.15, 0.2) is 54.6 Å². The number of aryl methyl sites for hydroxylation is 1. The Balaban J connectivity index is 1.82. The van der Waals surface area contributed by atoms with E-state index >= 15 is 0 Å². The van der Waals surface area contributed by atoms with E-state index in [9.17, 15) is 4.79 Å². The van der Waals surface area contributed by atoms with Gasteiger partial charge >= 0.3 is 0 Å². The van der Waals surface area contributed by atoms with Crippen molar-refractivity contribution in [2.45, 2.75) is 6.92 Å². The summed E-state index contributed by atoms with van der Waals surface area (Å²) in [5.41, 5.74) is 2.61. The summed E-state index contributed by atoms with van der Waals surface area (Å²) in [6, 6.07) is 14.8. The lowest BCUT2D eigenvalue weighted by molar-refractivity contribution is 0.105. The van der Waals surface area contributed by atoms with E-state index in [1.807, 2.05) is 43.3 Å². The fraction of sp³-hybridized carbons (Fsp3) is 0.0526. The average Bonchev–Trinajstić information content (AvgIpc) is 2.96. The first-order chi connectivity index (χ1) is 11.5. The topological polar surface area (TPSA) is 30.0 Å². The molecule has 0 aliphatic carbocycles. The van der Waals surface area contributed by atoms with Gasteiger partial charge in [-0.15, -0.1) is 11.3 Å². The van der Waals surface area contributed by atoms with E-state index in [4.69, 9.17) is 23.2 Å². The molecular formula is C19H13Cl2NOS. The van der Waals surface area contributed by atoms with Crippen LogP contribution in [0.3, 0.4) is 0 Å². The number of ketones is 1. The van der Waals surface area contributed by atoms with E-state index in [0.29, 0.717) is 14.9 Å². The summed E-state index contributed by atoms with van der Waals surface area (Å²) in [4.78, 5) is 17.6. The first kappa shape index (κ1) is 16.9. The molecule has 0 amide bonds. The average molecular weight is 374 g/mol. The number of benzene rings is 2. The SMILES string of the molecule is Cc1nc(-c2ccc(Cl)cc2)sc1C(=O)/C=C/c1ccc(Cl)cc1. The predicted octanol–water partition coefficient (Wildman–Crippen LogP) is 6.32. The van der Waals surface area contributed by atoms with Crippen LogP contribution in [0.4, 0.5) is 0 Å². The molecule has 0 N–H and O–H groups in total. The number of hydrogen-bond donors (Lipinski definition) is 0. The maximum absolute atomic E-state index is 12.4. The monoisotopic (exact) mass is 373 g/mol. The molecule has 0 aliphatic rings. The fourth-order valence-electron chi connectivity index (χ4n) is 2.16. The second-order valence-corrected chi connectivity index (χ2v) is 7.06. The van der Waals surface area contributed by atoms with Crippen LogP contribution in [0, 0.1) is 6.92 Å². The molecule has 5 heteroatoms. The Hall–Kier alpha value is -1.94. The van der Waals surface area contributed by atoms with Gasteiger partial charge in [-0.25, -0.2) is 4.98 Å². The van der Waals surface area contributed by atoms with E-state index in [-0.39, 0.29) is 5.78 Å². The van der Waals surface area contributed by atoms with Gasteiger partial charge in [0.25, 0.3) is 0 Å². The van der Waals surface area contributed by atoms with Crippen LogP contribution in [0.2, 0.25) is 10.0 Å². The van der Waals surface area contributed by atoms with Crippen LogP contribution < -0.4 is 0 Å². The number of halogens is 2. The smallest absolute Gasteiger partial charge is 0.197 e. The molecule has 0 saturated carbocycles. The van der Waals surface area contributed by atoms with Gasteiger partial charge in [-0.1, -0.05) is 53.5 Å². The Kier molecular flexibility index (Phi) is 5.14. The van der Waals surface area contributed by atoms with Crippen molar-refractivity contribution in [3.63, 3.8) is 0 Å². The molecule has 0 atom stereocenters. The maximum atomic E-state index is 12.4. The molecule has 3 aromatic rings. The molecule has 0 spiro atoms. The molecule has 1 aromatic heterocycles. The van der Waals surface area contributed by atoms with Gasteiger partial charge in [0, 0.05) is 15.6 Å². The summed E-state index contributed by atoms with van der Waals surface area (Å²) in [6.07, 6.45) is 3.34. The van der Waals surface area contributed by atoms with Crippen LogP contribution in [-0.2, 0) is 0 Å². The highest BCUT2D eigenvalue weighted by molar-refractivity contribution is 7.17. The standard InChI is InChI=1S/C19H13Cl2NOS/c1-12-18(17(23)11-4-13-2-7-15(20)8-3-13)24-19(22-12)14-5-9-16(21)10-6-14/h2-11H,1H3/b11-4+. The minimum absolute atomic E-state index is 0.0554. The molecule has 2 aromatic carbocycles. The molecule has 1 heterocycles. The minimum Gasteiger partial charge on any atom is -0.288 e. The molecule has 0 saturated heterocycles. The predicted molar refractivity (Wildman–Crippen MR) is 102 cm³/mol. The van der Waals surface area contributed by atoms with Gasteiger partial charge in [0.2, 0.25) is 0 Å². The molecular weight excluding hydrogens is 361 g/mol. The van der Waals surface area contributed by atoms with Crippen LogP contribution in [0.5, 0.6) is 0 Å². The Morgan fingerprint density at radius 2 is 1.58 bits per heavy atom. The third kappa shape index (κ3) is 3.93. The Morgan fingerprint density at radius 3 is 2.21 bits per heavy atom. The maximum Gasteiger partial charge on any atom is 0.197 e. The summed E-state index contributed by atoms with van der Waals surface area (Å²) in [6.45, 7) is 1.85. The number of aromatic nitrogens is 1. The van der Waals surface area contributed by atoms with Crippen molar-refractivity contribution in [1.82, 2.24) is 4.98 Å². The van der Waals surface area contributed by atoms with Crippen LogP contribution in [0.1, 0.15) is 20.9 Å². The summed E-state index contributed by atoms with van der Waals surface area (Å²) in [5, 5.41) is 2.16. The van der Waals surface area contributed by atoms with E-state index in [0.717, 1.165) is 21.8 Å². The van der Waals surface area contributed by atoms with Gasteiger partial charge in [0.05, 0.1) is 10.6 Å². The molecule has 0 fully saturated rings. The molecule has 3 rings (SSSR count). The van der Waals surface area contributed by atoms with Crippen molar-refractivity contribution in [1.29, 1.82) is 0 Å². The van der Waals surface area contributed by atoms with Crippen LogP contribution >= 0.6 is 34.5 Å². The Labute approximate surface area is 154 Å². The van der Waals surface area contributed by atoms with Crippen molar-refractivity contribution in [2.75, 3.05) is 0 Å². The van der Waals surface area contributed by atoms with Crippen molar-refractivity contribution in [2.24, 2.45) is 0 Å². The third-order valence-corrected chi connectivity index (χ3v) is 5.13. The molecule has 0 aliphatic heterocycles. The van der Waals surface area contributed by atoms with Gasteiger partial charge in [-0.05, 0) is 42.8 Å². The van der Waals surface area contributed by atoms with Gasteiger partial charge in [-0.2, -0.15) is 0 Å². The van der Waals surface area contributed by atoms with E-state index < -0.39 is 0 Å². The van der Waals surface area contributed by atoms with Gasteiger partial charge in [0.1, 0.15) is 5.01 Å². The zero-order valence-corrected chi connectivity index (χ0v) is 15.1. The lowest BCUT2D eigenvalue weighted by Gasteiger charge is -1.95. The first-order valence-corrected chi connectivity index (χ1v) is 8.81. The number of hydrogen-bond acceptors (Lipinski definition) is 3. The highest BCUT2D eigenvalue weighted by atomic mass is 35.5. The number of carbonyl (C=O) groups is 1. The molecule has 24 heavy (non-hydrogen) atoms. The Bertz CT molecular complexity index is 896. The highest BCUT2D eigenvalue weighted by Gasteiger charge is 2.14. The number of allylic oxidation sites excluding steroid dienone is 1. The number of nitrogens with zero attached hydrogens (tertiary/aromatic N) is 1. The van der Waals surface area contributed by atoms with Crippen molar-refractivity contribution in [3.05, 3.63) is 80.8 Å². The number of rotatable bonds is 4. The van der Waals surface area contributed by atoms with E-state index in [1.54, 1.807) is 24.3 Å².